The fraction of sp³-hybridized carbons (Fsp3) is 0.324. The minimum absolute atomic E-state index is 0.0508. The predicted octanol–water partition coefficient (Wildman–Crippen LogP) is 1.26. The molecule has 1 saturated heterocycles. The summed E-state index contributed by atoms with van der Waals surface area (Å²) in [5.41, 5.74) is 3.28. The highest BCUT2D eigenvalue weighted by Crippen LogP contribution is 2.35. The molecule has 0 bridgehead atoms. The van der Waals surface area contributed by atoms with Crippen LogP contribution in [0.2, 0.25) is 0 Å². The van der Waals surface area contributed by atoms with E-state index in [1.54, 1.807) is 10.6 Å². The Bertz CT molecular complexity index is 2220. The summed E-state index contributed by atoms with van der Waals surface area (Å²) in [6.45, 7) is 0.529. The zero-order valence-electron chi connectivity index (χ0n) is 29.6. The summed E-state index contributed by atoms with van der Waals surface area (Å²) in [5, 5.41) is 48.1. The number of aliphatic hydroxyl groups excluding tert-OH is 3. The van der Waals surface area contributed by atoms with Crippen molar-refractivity contribution in [1.29, 1.82) is 0 Å². The number of fused-ring (bicyclic) bond motifs is 1. The molecule has 3 amide bonds. The fourth-order valence-electron chi connectivity index (χ4n) is 7.25. The number of sulfonamides is 1. The number of primary sulfonamides is 1. The molecular formula is C37H42N10O7S. The third-order valence-corrected chi connectivity index (χ3v) is 10.9. The van der Waals surface area contributed by atoms with Crippen LogP contribution in [0.4, 0.5) is 22.2 Å². The van der Waals surface area contributed by atoms with Crippen LogP contribution < -0.4 is 31.3 Å². The number of nitrogens with one attached hydrogen (secondary N) is 4. The van der Waals surface area contributed by atoms with Gasteiger partial charge >= 0.3 is 6.03 Å². The van der Waals surface area contributed by atoms with Crippen molar-refractivity contribution in [3.05, 3.63) is 102 Å². The van der Waals surface area contributed by atoms with E-state index < -0.39 is 52.9 Å². The molecule has 2 aliphatic rings. The van der Waals surface area contributed by atoms with Crippen molar-refractivity contribution >= 4 is 50.6 Å². The van der Waals surface area contributed by atoms with Crippen LogP contribution in [0.3, 0.4) is 0 Å². The number of urea groups is 1. The summed E-state index contributed by atoms with van der Waals surface area (Å²) in [7, 11) is -3.95. The topological polar surface area (TPSA) is 250 Å². The molecule has 3 aromatic carbocycles. The first kappa shape index (κ1) is 37.6. The van der Waals surface area contributed by atoms with Gasteiger partial charge in [0.05, 0.1) is 23.3 Å². The highest BCUT2D eigenvalue weighted by Gasteiger charge is 2.44. The van der Waals surface area contributed by atoms with Crippen LogP contribution in [0.15, 0.2) is 96.2 Å². The van der Waals surface area contributed by atoms with Gasteiger partial charge in [0.15, 0.2) is 17.0 Å². The first-order chi connectivity index (χ1) is 26.5. The first-order valence-electron chi connectivity index (χ1n) is 17.8. The number of rotatable bonds is 12. The van der Waals surface area contributed by atoms with E-state index in [2.05, 4.69) is 50.5 Å². The molecule has 5 unspecified atom stereocenters. The molecule has 5 atom stereocenters. The second-order valence-corrected chi connectivity index (χ2v) is 15.2. The molecule has 7 rings (SSSR count). The fourth-order valence-corrected chi connectivity index (χ4v) is 7.81. The lowest BCUT2D eigenvalue weighted by Gasteiger charge is -2.22. The SMILES string of the molecule is NS(=O)(=O)c1cccc(NC(=O)NC2CCN(c3nc(NCC(c4ccccc4)c4ccccc4)c4ncn(C5CC(NC(=O)CO)C(O)C5O)c4n3)C2)c1. The number of nitrogens with two attached hydrogens (primary N) is 1. The Morgan fingerprint density at radius 2 is 1.64 bits per heavy atom. The second kappa shape index (κ2) is 16.0. The molecule has 0 spiro atoms. The van der Waals surface area contributed by atoms with E-state index in [9.17, 15) is 33.3 Å². The largest absolute Gasteiger partial charge is 0.388 e. The number of hydrogen-bond acceptors (Lipinski definition) is 12. The van der Waals surface area contributed by atoms with Crippen LogP contribution in [0.1, 0.15) is 35.9 Å². The quantitative estimate of drug-likeness (QED) is 0.0894. The maximum Gasteiger partial charge on any atom is 0.319 e. The third kappa shape index (κ3) is 8.37. The van der Waals surface area contributed by atoms with Crippen LogP contribution in [-0.4, -0.2) is 106 Å². The molecule has 2 fully saturated rings. The van der Waals surface area contributed by atoms with Crippen molar-refractivity contribution in [2.75, 3.05) is 41.8 Å². The van der Waals surface area contributed by atoms with E-state index in [0.29, 0.717) is 49.0 Å². The number of aromatic nitrogens is 4. The van der Waals surface area contributed by atoms with Gasteiger partial charge in [-0.05, 0) is 42.2 Å². The summed E-state index contributed by atoms with van der Waals surface area (Å²) in [6.07, 6.45) is -0.343. The molecule has 288 valence electrons. The number of carbonyl (C=O) groups excluding carboxylic acids is 2. The smallest absolute Gasteiger partial charge is 0.319 e. The van der Waals surface area contributed by atoms with Crippen molar-refractivity contribution in [2.24, 2.45) is 5.14 Å². The lowest BCUT2D eigenvalue weighted by atomic mass is 9.91. The maximum atomic E-state index is 13.0. The molecule has 1 saturated carbocycles. The Hall–Kier alpha value is -5.66. The molecule has 55 heavy (non-hydrogen) atoms. The lowest BCUT2D eigenvalue weighted by Crippen LogP contribution is -2.44. The number of amides is 3. The predicted molar refractivity (Wildman–Crippen MR) is 204 cm³/mol. The average Bonchev–Trinajstić information content (AvgIpc) is 3.90. The Morgan fingerprint density at radius 1 is 0.927 bits per heavy atom. The van der Waals surface area contributed by atoms with E-state index >= 15 is 0 Å². The van der Waals surface area contributed by atoms with E-state index in [0.717, 1.165) is 11.1 Å². The number of anilines is 3. The van der Waals surface area contributed by atoms with Gasteiger partial charge in [-0.15, -0.1) is 0 Å². The standard InChI is InChI=1S/C37H42N10O7S/c38-55(53,54)26-13-7-12-24(16-26)41-37(52)42-25-14-15-46(19-25)36-44-34(39-18-27(22-8-3-1-4-9-22)23-10-5-2-6-11-23)31-35(45-36)47(21-40-31)29-17-28(32(50)33(29)51)43-30(49)20-48/h1-13,16,21,25,27-29,32-33,48,50-51H,14-15,17-20H2,(H,43,49)(H2,38,53,54)(H,39,44,45)(H2,41,42,52). The van der Waals surface area contributed by atoms with Gasteiger partial charge in [-0.1, -0.05) is 66.7 Å². The monoisotopic (exact) mass is 770 g/mol. The van der Waals surface area contributed by atoms with E-state index in [4.69, 9.17) is 15.1 Å². The zero-order valence-corrected chi connectivity index (χ0v) is 30.4. The van der Waals surface area contributed by atoms with Gasteiger partial charge in [-0.2, -0.15) is 9.97 Å². The van der Waals surface area contributed by atoms with Crippen molar-refractivity contribution in [3.63, 3.8) is 0 Å². The summed E-state index contributed by atoms with van der Waals surface area (Å²) < 4.78 is 25.2. The number of carbonyl (C=O) groups is 2. The number of nitrogens with zero attached hydrogens (tertiary/aromatic N) is 5. The van der Waals surface area contributed by atoms with E-state index in [1.165, 1.54) is 24.5 Å². The minimum atomic E-state index is -3.95. The molecule has 1 aliphatic carbocycles. The number of hydrogen-bond donors (Lipinski definition) is 8. The summed E-state index contributed by atoms with van der Waals surface area (Å²) in [6, 6.07) is 23.4. The Balaban J connectivity index is 1.16. The first-order valence-corrected chi connectivity index (χ1v) is 19.3. The number of benzene rings is 3. The minimum Gasteiger partial charge on any atom is -0.388 e. The number of aliphatic hydroxyl groups is 3. The van der Waals surface area contributed by atoms with Gasteiger partial charge in [0.25, 0.3) is 0 Å². The average molecular weight is 771 g/mol. The lowest BCUT2D eigenvalue weighted by molar-refractivity contribution is -0.125. The van der Waals surface area contributed by atoms with Crippen molar-refractivity contribution < 1.29 is 33.3 Å². The van der Waals surface area contributed by atoms with Crippen LogP contribution >= 0.6 is 0 Å². The molecule has 5 aromatic rings. The Labute approximate surface area is 316 Å². The molecule has 1 aliphatic heterocycles. The van der Waals surface area contributed by atoms with Crippen LogP contribution in [-0.2, 0) is 14.8 Å². The normalized spacial score (nSPS) is 21.2. The zero-order chi connectivity index (χ0) is 38.7. The molecule has 17 nitrogen and oxygen atoms in total. The van der Waals surface area contributed by atoms with Gasteiger partial charge < -0.3 is 46.1 Å². The molecule has 0 radical (unpaired) electrons. The number of imidazole rings is 1. The second-order valence-electron chi connectivity index (χ2n) is 13.7. The van der Waals surface area contributed by atoms with Crippen LogP contribution in [0.5, 0.6) is 0 Å². The van der Waals surface area contributed by atoms with Gasteiger partial charge in [0, 0.05) is 37.3 Å². The van der Waals surface area contributed by atoms with Crippen molar-refractivity contribution in [3.8, 4) is 0 Å². The van der Waals surface area contributed by atoms with Crippen LogP contribution in [0, 0.1) is 0 Å². The molecule has 18 heteroatoms. The molecular weight excluding hydrogens is 729 g/mol. The molecule has 2 aromatic heterocycles. The van der Waals surface area contributed by atoms with E-state index in [-0.39, 0.29) is 29.0 Å². The highest BCUT2D eigenvalue weighted by molar-refractivity contribution is 7.89. The molecule has 3 heterocycles. The Morgan fingerprint density at radius 3 is 2.31 bits per heavy atom. The van der Waals surface area contributed by atoms with Gasteiger partial charge in [0.1, 0.15) is 18.8 Å². The van der Waals surface area contributed by atoms with Gasteiger partial charge in [-0.25, -0.2) is 23.3 Å². The van der Waals surface area contributed by atoms with Crippen molar-refractivity contribution in [1.82, 2.24) is 30.2 Å². The van der Waals surface area contributed by atoms with Gasteiger partial charge in [0.2, 0.25) is 21.9 Å². The summed E-state index contributed by atoms with van der Waals surface area (Å²) >= 11 is 0. The Kier molecular flexibility index (Phi) is 10.9. The van der Waals surface area contributed by atoms with Crippen LogP contribution in [0.25, 0.3) is 11.2 Å². The van der Waals surface area contributed by atoms with E-state index in [1.807, 2.05) is 41.3 Å². The summed E-state index contributed by atoms with van der Waals surface area (Å²) in [5.74, 6) is 0.0667. The van der Waals surface area contributed by atoms with Crippen molar-refractivity contribution in [2.45, 2.75) is 54.0 Å². The van der Waals surface area contributed by atoms with Gasteiger partial charge in [-0.3, -0.25) is 4.79 Å². The highest BCUT2D eigenvalue weighted by atomic mass is 32.2. The molecule has 9 N–H and O–H groups in total. The summed E-state index contributed by atoms with van der Waals surface area (Å²) in [4.78, 5) is 41.2. The third-order valence-electron chi connectivity index (χ3n) is 10.0. The maximum absolute atomic E-state index is 13.0.